The highest BCUT2D eigenvalue weighted by Gasteiger charge is 2.57. The standard InChI is InChI=1S/C39H37F6NO4/c1-4-8-26-16-30-34(37(49)46(36(30)48)29-18-27(38(40,41)42)17-28(19-29)39(43,44)45)31-20-50-32(33(26)31)12-11-25(24-9-6-5-7-10-24)15-23-13-21(2)35(47)22(3)14-23/h5-7,9-10,13-15,17-19,30-32,34,47H,4,8,11-12,16,20H2,1-3H3/b25-15-/t30-,31+,32-,34-/m1/s1. The largest absolute Gasteiger partial charge is 0.507 e. The number of carbonyl (C=O) groups is 2. The topological polar surface area (TPSA) is 66.8 Å². The molecule has 0 unspecified atom stereocenters. The van der Waals surface area contributed by atoms with E-state index in [1.54, 1.807) is 0 Å². The van der Waals surface area contributed by atoms with Crippen LogP contribution in [0.5, 0.6) is 5.75 Å². The van der Waals surface area contributed by atoms with Crippen molar-refractivity contribution in [1.29, 1.82) is 0 Å². The van der Waals surface area contributed by atoms with Gasteiger partial charge in [-0.2, -0.15) is 26.3 Å². The number of halogens is 6. The van der Waals surface area contributed by atoms with E-state index >= 15 is 0 Å². The summed E-state index contributed by atoms with van der Waals surface area (Å²) in [6.45, 7) is 5.76. The van der Waals surface area contributed by atoms with Crippen LogP contribution in [0.15, 0.2) is 71.8 Å². The van der Waals surface area contributed by atoms with Crippen molar-refractivity contribution in [1.82, 2.24) is 0 Å². The molecule has 2 fully saturated rings. The Morgan fingerprint density at radius 2 is 1.52 bits per heavy atom. The first-order chi connectivity index (χ1) is 23.6. The van der Waals surface area contributed by atoms with Gasteiger partial charge in [0.1, 0.15) is 5.75 Å². The molecule has 3 aromatic rings. The molecule has 0 radical (unpaired) electrons. The molecule has 0 bridgehead atoms. The van der Waals surface area contributed by atoms with Gasteiger partial charge in [0.05, 0.1) is 41.4 Å². The molecule has 11 heteroatoms. The fourth-order valence-corrected chi connectivity index (χ4v) is 7.85. The van der Waals surface area contributed by atoms with E-state index in [9.17, 15) is 41.0 Å². The SMILES string of the molecule is CCCC1=C2[C@@H](CC/C(=C/c3cc(C)c(O)c(C)c3)c3ccccc3)OC[C@@H]2[C@@H]2C(=O)N(c3cc(C(F)(F)F)cc(C(F)(F)F)c3)C(=O)[C@@H]2C1. The van der Waals surface area contributed by atoms with Crippen molar-refractivity contribution in [3.63, 3.8) is 0 Å². The minimum atomic E-state index is -5.13. The number of aromatic hydroxyl groups is 1. The number of anilines is 1. The Kier molecular flexibility index (Phi) is 9.49. The zero-order chi connectivity index (χ0) is 36.1. The highest BCUT2D eigenvalue weighted by molar-refractivity contribution is 6.22. The average molecular weight is 698 g/mol. The Morgan fingerprint density at radius 1 is 0.900 bits per heavy atom. The van der Waals surface area contributed by atoms with E-state index in [-0.39, 0.29) is 30.9 Å². The van der Waals surface area contributed by atoms with Crippen molar-refractivity contribution in [2.45, 2.75) is 71.3 Å². The maximum Gasteiger partial charge on any atom is 0.416 e. The second-order valence-electron chi connectivity index (χ2n) is 13.4. The summed E-state index contributed by atoms with van der Waals surface area (Å²) in [5.41, 5.74) is 2.41. The van der Waals surface area contributed by atoms with Crippen LogP contribution < -0.4 is 4.90 Å². The molecule has 2 saturated heterocycles. The number of carbonyl (C=O) groups excluding carboxylic acids is 2. The van der Waals surface area contributed by atoms with Crippen LogP contribution in [-0.4, -0.2) is 29.6 Å². The number of nitrogens with zero attached hydrogens (tertiary/aromatic N) is 1. The first-order valence-corrected chi connectivity index (χ1v) is 16.6. The molecule has 1 N–H and O–H groups in total. The van der Waals surface area contributed by atoms with Crippen LogP contribution >= 0.6 is 0 Å². The molecule has 2 amide bonds. The van der Waals surface area contributed by atoms with Crippen molar-refractivity contribution in [2.24, 2.45) is 17.8 Å². The molecular formula is C39H37F6NO4. The Hall–Kier alpha value is -4.38. The van der Waals surface area contributed by atoms with E-state index in [0.717, 1.165) is 45.4 Å². The van der Waals surface area contributed by atoms with Gasteiger partial charge < -0.3 is 9.84 Å². The van der Waals surface area contributed by atoms with Crippen LogP contribution in [0.2, 0.25) is 0 Å². The molecular weight excluding hydrogens is 660 g/mol. The van der Waals surface area contributed by atoms with E-state index in [4.69, 9.17) is 4.74 Å². The monoisotopic (exact) mass is 697 g/mol. The number of imide groups is 1. The predicted octanol–water partition coefficient (Wildman–Crippen LogP) is 9.69. The lowest BCUT2D eigenvalue weighted by Crippen LogP contribution is -2.34. The van der Waals surface area contributed by atoms with Crippen molar-refractivity contribution in [2.75, 3.05) is 11.5 Å². The van der Waals surface area contributed by atoms with Crippen molar-refractivity contribution in [3.05, 3.63) is 105 Å². The van der Waals surface area contributed by atoms with Crippen LogP contribution in [0.3, 0.4) is 0 Å². The number of benzene rings is 3. The number of phenolic OH excluding ortho intramolecular Hbond substituents is 1. The molecule has 6 rings (SSSR count). The van der Waals surface area contributed by atoms with Gasteiger partial charge >= 0.3 is 12.4 Å². The fourth-order valence-electron chi connectivity index (χ4n) is 7.85. The summed E-state index contributed by atoms with van der Waals surface area (Å²) < 4.78 is 88.4. The van der Waals surface area contributed by atoms with Gasteiger partial charge in [-0.1, -0.05) is 55.3 Å². The maximum absolute atomic E-state index is 14.0. The van der Waals surface area contributed by atoms with Crippen molar-refractivity contribution < 1.29 is 45.8 Å². The summed E-state index contributed by atoms with van der Waals surface area (Å²) in [6.07, 6.45) is -5.91. The molecule has 50 heavy (non-hydrogen) atoms. The summed E-state index contributed by atoms with van der Waals surface area (Å²) in [4.78, 5) is 28.2. The molecule has 2 aliphatic heterocycles. The molecule has 1 aliphatic carbocycles. The number of rotatable bonds is 8. The second kappa shape index (κ2) is 13.4. The first-order valence-electron chi connectivity index (χ1n) is 16.6. The Morgan fingerprint density at radius 3 is 2.10 bits per heavy atom. The van der Waals surface area contributed by atoms with Crippen molar-refractivity contribution in [3.8, 4) is 5.75 Å². The smallest absolute Gasteiger partial charge is 0.416 e. The summed E-state index contributed by atoms with van der Waals surface area (Å²) in [6, 6.07) is 14.5. The van der Waals surface area contributed by atoms with Gasteiger partial charge in [-0.25, -0.2) is 4.90 Å². The summed E-state index contributed by atoms with van der Waals surface area (Å²) >= 11 is 0. The van der Waals surface area contributed by atoms with Gasteiger partial charge in [0.15, 0.2) is 0 Å². The number of hydrogen-bond acceptors (Lipinski definition) is 4. The van der Waals surface area contributed by atoms with E-state index in [1.165, 1.54) is 0 Å². The Balaban J connectivity index is 1.31. The normalized spacial score (nSPS) is 22.7. The minimum Gasteiger partial charge on any atom is -0.507 e. The number of phenols is 1. The lowest BCUT2D eigenvalue weighted by atomic mass is 9.68. The zero-order valence-corrected chi connectivity index (χ0v) is 27.8. The van der Waals surface area contributed by atoms with Gasteiger partial charge in [0.25, 0.3) is 0 Å². The fraction of sp³-hybridized carbons (Fsp3) is 0.385. The average Bonchev–Trinajstić information content (AvgIpc) is 3.59. The third-order valence-electron chi connectivity index (χ3n) is 10.1. The highest BCUT2D eigenvalue weighted by Crippen LogP contribution is 2.52. The predicted molar refractivity (Wildman–Crippen MR) is 177 cm³/mol. The summed E-state index contributed by atoms with van der Waals surface area (Å²) in [5, 5.41) is 10.3. The molecule has 3 aromatic carbocycles. The van der Waals surface area contributed by atoms with Crippen LogP contribution in [0.1, 0.15) is 72.4 Å². The number of alkyl halides is 6. The lowest BCUT2D eigenvalue weighted by Gasteiger charge is -2.32. The first kappa shape index (κ1) is 35.4. The van der Waals surface area contributed by atoms with Crippen LogP contribution in [-0.2, 0) is 26.7 Å². The molecule has 4 atom stereocenters. The molecule has 0 aromatic heterocycles. The number of fused-ring (bicyclic) bond motifs is 3. The van der Waals surface area contributed by atoms with E-state index in [0.29, 0.717) is 36.3 Å². The molecule has 264 valence electrons. The lowest BCUT2D eigenvalue weighted by molar-refractivity contribution is -0.143. The maximum atomic E-state index is 14.0. The molecule has 3 aliphatic rings. The van der Waals surface area contributed by atoms with E-state index < -0.39 is 58.7 Å². The molecule has 2 heterocycles. The molecule has 5 nitrogen and oxygen atoms in total. The van der Waals surface area contributed by atoms with Gasteiger partial charge in [0, 0.05) is 5.92 Å². The third-order valence-corrected chi connectivity index (χ3v) is 10.1. The van der Waals surface area contributed by atoms with Gasteiger partial charge in [-0.15, -0.1) is 0 Å². The number of amides is 2. The van der Waals surface area contributed by atoms with Gasteiger partial charge in [-0.05, 0) is 103 Å². The Bertz CT molecular complexity index is 1820. The number of allylic oxidation sites excluding steroid dienone is 2. The third kappa shape index (κ3) is 6.72. The van der Waals surface area contributed by atoms with E-state index in [1.807, 2.05) is 63.2 Å². The number of ether oxygens (including phenoxy) is 1. The van der Waals surface area contributed by atoms with Crippen molar-refractivity contribution >= 4 is 29.2 Å². The summed E-state index contributed by atoms with van der Waals surface area (Å²) in [5.74, 6) is -3.76. The minimum absolute atomic E-state index is 0.0157. The van der Waals surface area contributed by atoms with Gasteiger partial charge in [0.2, 0.25) is 11.8 Å². The van der Waals surface area contributed by atoms with E-state index in [2.05, 4.69) is 6.08 Å². The van der Waals surface area contributed by atoms with Gasteiger partial charge in [-0.3, -0.25) is 9.59 Å². The number of aryl methyl sites for hydroxylation is 2. The summed E-state index contributed by atoms with van der Waals surface area (Å²) in [7, 11) is 0. The van der Waals surface area contributed by atoms with Crippen LogP contribution in [0, 0.1) is 31.6 Å². The van der Waals surface area contributed by atoms with Crippen LogP contribution in [0.4, 0.5) is 32.0 Å². The zero-order valence-electron chi connectivity index (χ0n) is 27.8. The number of hydrogen-bond donors (Lipinski definition) is 1. The molecule has 0 spiro atoms. The van der Waals surface area contributed by atoms with Crippen LogP contribution in [0.25, 0.3) is 11.6 Å². The second-order valence-corrected chi connectivity index (χ2v) is 13.4. The highest BCUT2D eigenvalue weighted by atomic mass is 19.4. The quantitative estimate of drug-likeness (QED) is 0.110. The molecule has 0 saturated carbocycles. The Labute approximate surface area is 286 Å².